The van der Waals surface area contributed by atoms with Gasteiger partial charge in [0.05, 0.1) is 13.3 Å². The number of halogens is 1. The van der Waals surface area contributed by atoms with E-state index in [4.69, 9.17) is 21.1 Å². The van der Waals surface area contributed by atoms with Gasteiger partial charge in [-0.05, 0) is 53.6 Å². The summed E-state index contributed by atoms with van der Waals surface area (Å²) in [6.07, 6.45) is 1.55. The third kappa shape index (κ3) is 5.34. The number of nitrogens with zero attached hydrogens (tertiary/aromatic N) is 1. The number of amides is 1. The molecule has 5 nitrogen and oxygen atoms in total. The topological polar surface area (TPSA) is 59.9 Å². The predicted molar refractivity (Wildman–Crippen MR) is 110 cm³/mol. The van der Waals surface area contributed by atoms with Gasteiger partial charge in [-0.15, -0.1) is 0 Å². The number of benzene rings is 3. The molecule has 0 radical (unpaired) electrons. The van der Waals surface area contributed by atoms with Gasteiger partial charge in [0, 0.05) is 10.6 Å². The summed E-state index contributed by atoms with van der Waals surface area (Å²) in [5.41, 5.74) is 4.81. The van der Waals surface area contributed by atoms with Crippen molar-refractivity contribution < 1.29 is 14.3 Å². The molecule has 0 fully saturated rings. The summed E-state index contributed by atoms with van der Waals surface area (Å²) in [6.45, 7) is 0.397. The first-order chi connectivity index (χ1) is 13.7. The molecule has 0 saturated carbocycles. The molecule has 0 heterocycles. The van der Waals surface area contributed by atoms with Gasteiger partial charge < -0.3 is 9.47 Å². The van der Waals surface area contributed by atoms with E-state index < -0.39 is 0 Å². The predicted octanol–water partition coefficient (Wildman–Crippen LogP) is 4.69. The van der Waals surface area contributed by atoms with Crippen molar-refractivity contribution in [3.05, 3.63) is 94.5 Å². The second-order valence-corrected chi connectivity index (χ2v) is 6.33. The Morgan fingerprint density at radius 2 is 1.79 bits per heavy atom. The van der Waals surface area contributed by atoms with E-state index in [1.165, 1.54) is 0 Å². The van der Waals surface area contributed by atoms with E-state index in [2.05, 4.69) is 10.5 Å². The highest BCUT2D eigenvalue weighted by Crippen LogP contribution is 2.28. The van der Waals surface area contributed by atoms with Crippen LogP contribution in [0.3, 0.4) is 0 Å². The van der Waals surface area contributed by atoms with Crippen LogP contribution in [0, 0.1) is 0 Å². The molecule has 3 aromatic rings. The molecule has 0 saturated heterocycles. The SMILES string of the molecule is COc1cc(/C=N/NC(=O)c2ccccc2)ccc1OCc1ccc(Cl)cc1. The Morgan fingerprint density at radius 3 is 2.50 bits per heavy atom. The molecule has 1 amide bonds. The smallest absolute Gasteiger partial charge is 0.271 e. The zero-order valence-corrected chi connectivity index (χ0v) is 16.0. The van der Waals surface area contributed by atoms with Gasteiger partial charge in [0.1, 0.15) is 6.61 Å². The van der Waals surface area contributed by atoms with Gasteiger partial charge in [0.25, 0.3) is 5.91 Å². The lowest BCUT2D eigenvalue weighted by molar-refractivity contribution is 0.0955. The number of methoxy groups -OCH3 is 1. The van der Waals surface area contributed by atoms with Crippen LogP contribution in [0.15, 0.2) is 77.9 Å². The molecule has 3 aromatic carbocycles. The Balaban J connectivity index is 1.62. The third-order valence-corrected chi connectivity index (χ3v) is 4.16. The van der Waals surface area contributed by atoms with Crippen molar-refractivity contribution in [3.63, 3.8) is 0 Å². The zero-order chi connectivity index (χ0) is 19.8. The summed E-state index contributed by atoms with van der Waals surface area (Å²) in [6, 6.07) is 21.8. The van der Waals surface area contributed by atoms with E-state index in [9.17, 15) is 4.79 Å². The largest absolute Gasteiger partial charge is 0.493 e. The van der Waals surface area contributed by atoms with Crippen LogP contribution in [0.2, 0.25) is 5.02 Å². The fraction of sp³-hybridized carbons (Fsp3) is 0.0909. The molecule has 0 aliphatic heterocycles. The number of carbonyl (C=O) groups excluding carboxylic acids is 1. The van der Waals surface area contributed by atoms with Gasteiger partial charge in [-0.25, -0.2) is 5.43 Å². The van der Waals surface area contributed by atoms with Gasteiger partial charge in [0.2, 0.25) is 0 Å². The highest BCUT2D eigenvalue weighted by atomic mass is 35.5. The molecule has 1 N–H and O–H groups in total. The quantitative estimate of drug-likeness (QED) is 0.467. The van der Waals surface area contributed by atoms with Crippen molar-refractivity contribution in [1.29, 1.82) is 0 Å². The number of rotatable bonds is 7. The van der Waals surface area contributed by atoms with Gasteiger partial charge >= 0.3 is 0 Å². The average molecular weight is 395 g/mol. The number of hydrogen-bond donors (Lipinski definition) is 1. The van der Waals surface area contributed by atoms with Crippen molar-refractivity contribution in [3.8, 4) is 11.5 Å². The van der Waals surface area contributed by atoms with Crippen LogP contribution in [0.1, 0.15) is 21.5 Å². The van der Waals surface area contributed by atoms with Crippen molar-refractivity contribution in [2.24, 2.45) is 5.10 Å². The first kappa shape index (κ1) is 19.5. The number of carbonyl (C=O) groups is 1. The normalized spacial score (nSPS) is 10.6. The fourth-order valence-electron chi connectivity index (χ4n) is 2.44. The van der Waals surface area contributed by atoms with E-state index in [-0.39, 0.29) is 5.91 Å². The number of nitrogens with one attached hydrogen (secondary N) is 1. The monoisotopic (exact) mass is 394 g/mol. The number of ether oxygens (including phenoxy) is 2. The Kier molecular flexibility index (Phi) is 6.65. The lowest BCUT2D eigenvalue weighted by atomic mass is 10.2. The van der Waals surface area contributed by atoms with Crippen LogP contribution >= 0.6 is 11.6 Å². The van der Waals surface area contributed by atoms with Crippen LogP contribution in [0.5, 0.6) is 11.5 Å². The second-order valence-electron chi connectivity index (χ2n) is 5.89. The molecular formula is C22H19ClN2O3. The first-order valence-electron chi connectivity index (χ1n) is 8.59. The van der Waals surface area contributed by atoms with E-state index >= 15 is 0 Å². The van der Waals surface area contributed by atoms with Crippen LogP contribution in [-0.2, 0) is 6.61 Å². The van der Waals surface area contributed by atoms with E-state index in [0.717, 1.165) is 11.1 Å². The number of hydrazone groups is 1. The lowest BCUT2D eigenvalue weighted by Crippen LogP contribution is -2.17. The minimum absolute atomic E-state index is 0.272. The highest BCUT2D eigenvalue weighted by molar-refractivity contribution is 6.30. The molecule has 142 valence electrons. The maximum absolute atomic E-state index is 12.0. The highest BCUT2D eigenvalue weighted by Gasteiger charge is 2.06. The van der Waals surface area contributed by atoms with Crippen molar-refractivity contribution in [2.75, 3.05) is 7.11 Å². The molecule has 28 heavy (non-hydrogen) atoms. The van der Waals surface area contributed by atoms with Crippen molar-refractivity contribution >= 4 is 23.7 Å². The van der Waals surface area contributed by atoms with Crippen molar-refractivity contribution in [2.45, 2.75) is 6.61 Å². The average Bonchev–Trinajstić information content (AvgIpc) is 2.74. The molecule has 0 unspecified atom stereocenters. The fourth-order valence-corrected chi connectivity index (χ4v) is 2.57. The molecule has 0 aliphatic carbocycles. The zero-order valence-electron chi connectivity index (χ0n) is 15.3. The van der Waals surface area contributed by atoms with Crippen LogP contribution < -0.4 is 14.9 Å². The molecular weight excluding hydrogens is 376 g/mol. The Bertz CT molecular complexity index is 957. The third-order valence-electron chi connectivity index (χ3n) is 3.91. The molecule has 0 aromatic heterocycles. The molecule has 3 rings (SSSR count). The molecule has 6 heteroatoms. The standard InChI is InChI=1S/C22H19ClN2O3/c1-27-21-13-17(14-24-25-22(26)18-5-3-2-4-6-18)9-12-20(21)28-15-16-7-10-19(23)11-8-16/h2-14H,15H2,1H3,(H,25,26)/b24-14+. The molecule has 0 bridgehead atoms. The van der Waals surface area contributed by atoms with E-state index in [1.807, 2.05) is 36.4 Å². The molecule has 0 aliphatic rings. The Hall–Kier alpha value is -3.31. The van der Waals surface area contributed by atoms with E-state index in [1.54, 1.807) is 49.7 Å². The van der Waals surface area contributed by atoms with Gasteiger partial charge in [-0.2, -0.15) is 5.10 Å². The van der Waals surface area contributed by atoms with Gasteiger partial charge in [-0.3, -0.25) is 4.79 Å². The first-order valence-corrected chi connectivity index (χ1v) is 8.97. The Morgan fingerprint density at radius 1 is 1.04 bits per heavy atom. The van der Waals surface area contributed by atoms with Crippen molar-refractivity contribution in [1.82, 2.24) is 5.43 Å². The summed E-state index contributed by atoms with van der Waals surface area (Å²) < 4.78 is 11.2. The second kappa shape index (κ2) is 9.58. The maximum Gasteiger partial charge on any atom is 0.271 e. The summed E-state index contributed by atoms with van der Waals surface area (Å²) in [4.78, 5) is 12.0. The Labute approximate surface area is 168 Å². The molecule has 0 spiro atoms. The summed E-state index contributed by atoms with van der Waals surface area (Å²) >= 11 is 5.89. The van der Waals surface area contributed by atoms with E-state index in [0.29, 0.717) is 28.7 Å². The van der Waals surface area contributed by atoms with Gasteiger partial charge in [0.15, 0.2) is 11.5 Å². The van der Waals surface area contributed by atoms with Crippen LogP contribution in [0.25, 0.3) is 0 Å². The van der Waals surface area contributed by atoms with Gasteiger partial charge in [-0.1, -0.05) is 41.9 Å². The number of hydrogen-bond acceptors (Lipinski definition) is 4. The molecule has 0 atom stereocenters. The maximum atomic E-state index is 12.0. The summed E-state index contributed by atoms with van der Waals surface area (Å²) in [5, 5.41) is 4.68. The minimum Gasteiger partial charge on any atom is -0.493 e. The summed E-state index contributed by atoms with van der Waals surface area (Å²) in [5.74, 6) is 0.918. The lowest BCUT2D eigenvalue weighted by Gasteiger charge is -2.11. The van der Waals surface area contributed by atoms with Crippen LogP contribution in [0.4, 0.5) is 0 Å². The summed E-state index contributed by atoms with van der Waals surface area (Å²) in [7, 11) is 1.57. The van der Waals surface area contributed by atoms with Crippen LogP contribution in [-0.4, -0.2) is 19.2 Å². The minimum atomic E-state index is -0.272.